The van der Waals surface area contributed by atoms with Gasteiger partial charge in [0.15, 0.2) is 0 Å². The van der Waals surface area contributed by atoms with E-state index >= 15 is 0 Å². The van der Waals surface area contributed by atoms with E-state index in [1.54, 1.807) is 0 Å². The lowest BCUT2D eigenvalue weighted by molar-refractivity contribution is 0.881. The van der Waals surface area contributed by atoms with Gasteiger partial charge >= 0.3 is 0 Å². The van der Waals surface area contributed by atoms with Crippen LogP contribution in [0, 0.1) is 13.8 Å². The van der Waals surface area contributed by atoms with Gasteiger partial charge < -0.3 is 4.57 Å². The molecule has 1 nitrogen and oxygen atoms in total. The van der Waals surface area contributed by atoms with Crippen molar-refractivity contribution in [3.8, 4) is 0 Å². The third-order valence-corrected chi connectivity index (χ3v) is 2.13. The standard InChI is InChI=1S/C7H10ClN/c1-5-4-6(2)9(3)7(5)8/h4H,1-3H3. The second kappa shape index (κ2) is 2.07. The van der Waals surface area contributed by atoms with Crippen molar-refractivity contribution in [1.29, 1.82) is 0 Å². The van der Waals surface area contributed by atoms with Crippen molar-refractivity contribution in [2.75, 3.05) is 0 Å². The number of aryl methyl sites for hydroxylation is 2. The molecule has 9 heavy (non-hydrogen) atoms. The summed E-state index contributed by atoms with van der Waals surface area (Å²) in [5.74, 6) is 0. The van der Waals surface area contributed by atoms with Crippen molar-refractivity contribution in [1.82, 2.24) is 4.57 Å². The third-order valence-electron chi connectivity index (χ3n) is 1.57. The third kappa shape index (κ3) is 0.969. The average molecular weight is 144 g/mol. The van der Waals surface area contributed by atoms with Crippen LogP contribution in [0.1, 0.15) is 11.3 Å². The van der Waals surface area contributed by atoms with Gasteiger partial charge in [-0.15, -0.1) is 0 Å². The van der Waals surface area contributed by atoms with Crippen molar-refractivity contribution in [3.05, 3.63) is 22.5 Å². The summed E-state index contributed by atoms with van der Waals surface area (Å²) in [6.07, 6.45) is 0. The Balaban J connectivity index is 3.29. The number of hydrogen-bond acceptors (Lipinski definition) is 0. The van der Waals surface area contributed by atoms with E-state index in [0.717, 1.165) is 10.7 Å². The molecule has 0 radical (unpaired) electrons. The Kier molecular flexibility index (Phi) is 1.54. The summed E-state index contributed by atoms with van der Waals surface area (Å²) in [6, 6.07) is 2.07. The number of nitrogens with zero attached hydrogens (tertiary/aromatic N) is 1. The molecule has 1 rings (SSSR count). The van der Waals surface area contributed by atoms with E-state index in [1.807, 2.05) is 25.5 Å². The number of hydrogen-bond donors (Lipinski definition) is 0. The summed E-state index contributed by atoms with van der Waals surface area (Å²) >= 11 is 5.86. The quantitative estimate of drug-likeness (QED) is 0.525. The predicted octanol–water partition coefficient (Wildman–Crippen LogP) is 2.30. The highest BCUT2D eigenvalue weighted by molar-refractivity contribution is 6.30. The van der Waals surface area contributed by atoms with Crippen molar-refractivity contribution in [2.45, 2.75) is 13.8 Å². The van der Waals surface area contributed by atoms with Crippen LogP contribution in [0.15, 0.2) is 6.07 Å². The van der Waals surface area contributed by atoms with Crippen LogP contribution in [0.25, 0.3) is 0 Å². The highest BCUT2D eigenvalue weighted by atomic mass is 35.5. The molecule has 0 fully saturated rings. The maximum atomic E-state index is 5.86. The van der Waals surface area contributed by atoms with Gasteiger partial charge in [0.25, 0.3) is 0 Å². The lowest BCUT2D eigenvalue weighted by Gasteiger charge is -1.95. The maximum absolute atomic E-state index is 5.86. The van der Waals surface area contributed by atoms with Gasteiger partial charge in [0.05, 0.1) is 0 Å². The molecule has 0 aromatic carbocycles. The maximum Gasteiger partial charge on any atom is 0.111 e. The van der Waals surface area contributed by atoms with Crippen LogP contribution in [0.5, 0.6) is 0 Å². The molecule has 0 aliphatic heterocycles. The zero-order valence-electron chi connectivity index (χ0n) is 5.90. The minimum absolute atomic E-state index is 0.840. The van der Waals surface area contributed by atoms with E-state index in [0.29, 0.717) is 0 Å². The fraction of sp³-hybridized carbons (Fsp3) is 0.429. The molecule has 0 unspecified atom stereocenters. The Morgan fingerprint density at radius 3 is 2.11 bits per heavy atom. The van der Waals surface area contributed by atoms with Crippen molar-refractivity contribution in [3.63, 3.8) is 0 Å². The molecule has 0 N–H and O–H groups in total. The predicted molar refractivity (Wildman–Crippen MR) is 39.9 cm³/mol. The topological polar surface area (TPSA) is 4.93 Å². The van der Waals surface area contributed by atoms with E-state index in [4.69, 9.17) is 11.6 Å². The van der Waals surface area contributed by atoms with Crippen molar-refractivity contribution in [2.24, 2.45) is 7.05 Å². The Morgan fingerprint density at radius 2 is 2.00 bits per heavy atom. The largest absolute Gasteiger partial charge is 0.339 e. The highest BCUT2D eigenvalue weighted by Crippen LogP contribution is 2.17. The first-order valence-electron chi connectivity index (χ1n) is 2.91. The molecule has 0 bridgehead atoms. The lowest BCUT2D eigenvalue weighted by atomic mass is 10.3. The summed E-state index contributed by atoms with van der Waals surface area (Å²) in [5, 5.41) is 0.840. The van der Waals surface area contributed by atoms with Crippen LogP contribution in [-0.4, -0.2) is 4.57 Å². The van der Waals surface area contributed by atoms with Crippen molar-refractivity contribution < 1.29 is 0 Å². The molecular weight excluding hydrogens is 134 g/mol. The molecule has 0 saturated carbocycles. The van der Waals surface area contributed by atoms with Crippen LogP contribution in [0.4, 0.5) is 0 Å². The normalized spacial score (nSPS) is 10.2. The van der Waals surface area contributed by atoms with Gasteiger partial charge in [0.2, 0.25) is 0 Å². The van der Waals surface area contributed by atoms with Crippen LogP contribution in [0.3, 0.4) is 0 Å². The van der Waals surface area contributed by atoms with Gasteiger partial charge in [-0.25, -0.2) is 0 Å². The molecule has 1 heterocycles. The first kappa shape index (κ1) is 6.69. The van der Waals surface area contributed by atoms with Crippen LogP contribution < -0.4 is 0 Å². The summed E-state index contributed by atoms with van der Waals surface area (Å²) in [7, 11) is 1.96. The van der Waals surface area contributed by atoms with Gasteiger partial charge in [-0.05, 0) is 25.5 Å². The Morgan fingerprint density at radius 1 is 1.44 bits per heavy atom. The Labute approximate surface area is 60.2 Å². The zero-order chi connectivity index (χ0) is 7.02. The molecule has 0 aliphatic carbocycles. The Hall–Kier alpha value is -0.430. The van der Waals surface area contributed by atoms with E-state index in [1.165, 1.54) is 5.69 Å². The van der Waals surface area contributed by atoms with Gasteiger partial charge in [0, 0.05) is 12.7 Å². The molecule has 1 aromatic heterocycles. The molecule has 0 spiro atoms. The van der Waals surface area contributed by atoms with Gasteiger partial charge in [-0.1, -0.05) is 11.6 Å². The minimum Gasteiger partial charge on any atom is -0.339 e. The second-order valence-corrected chi connectivity index (χ2v) is 2.68. The number of rotatable bonds is 0. The second-order valence-electron chi connectivity index (χ2n) is 2.32. The first-order chi connectivity index (χ1) is 4.13. The van der Waals surface area contributed by atoms with E-state index in [9.17, 15) is 0 Å². The fourth-order valence-electron chi connectivity index (χ4n) is 0.889. The van der Waals surface area contributed by atoms with Crippen LogP contribution >= 0.6 is 11.6 Å². The average Bonchev–Trinajstić information content (AvgIpc) is 1.98. The van der Waals surface area contributed by atoms with Crippen LogP contribution in [-0.2, 0) is 7.05 Å². The van der Waals surface area contributed by atoms with Crippen molar-refractivity contribution >= 4 is 11.6 Å². The van der Waals surface area contributed by atoms with E-state index in [-0.39, 0.29) is 0 Å². The van der Waals surface area contributed by atoms with E-state index < -0.39 is 0 Å². The summed E-state index contributed by atoms with van der Waals surface area (Å²) in [4.78, 5) is 0. The summed E-state index contributed by atoms with van der Waals surface area (Å²) in [5.41, 5.74) is 2.36. The molecule has 50 valence electrons. The molecule has 0 saturated heterocycles. The van der Waals surface area contributed by atoms with Gasteiger partial charge in [-0.3, -0.25) is 0 Å². The monoisotopic (exact) mass is 143 g/mol. The molecule has 2 heteroatoms. The Bertz CT molecular complexity index is 203. The van der Waals surface area contributed by atoms with E-state index in [2.05, 4.69) is 6.07 Å². The summed E-state index contributed by atoms with van der Waals surface area (Å²) < 4.78 is 1.97. The smallest absolute Gasteiger partial charge is 0.111 e. The first-order valence-corrected chi connectivity index (χ1v) is 3.29. The SMILES string of the molecule is Cc1cc(C)n(C)c1Cl. The summed E-state index contributed by atoms with van der Waals surface area (Å²) in [6.45, 7) is 4.05. The lowest BCUT2D eigenvalue weighted by Crippen LogP contribution is -1.88. The molecule has 1 aromatic rings. The minimum atomic E-state index is 0.840. The van der Waals surface area contributed by atoms with Crippen LogP contribution in [0.2, 0.25) is 5.15 Å². The molecule has 0 aliphatic rings. The number of aromatic nitrogens is 1. The molecular formula is C7H10ClN. The van der Waals surface area contributed by atoms with Gasteiger partial charge in [-0.2, -0.15) is 0 Å². The fourth-order valence-corrected chi connectivity index (χ4v) is 1.08. The van der Waals surface area contributed by atoms with Gasteiger partial charge in [0.1, 0.15) is 5.15 Å². The highest BCUT2D eigenvalue weighted by Gasteiger charge is 2.01. The molecule has 0 amide bonds. The number of halogens is 1. The molecule has 0 atom stereocenters. The zero-order valence-corrected chi connectivity index (χ0v) is 6.66.